The molecule has 2 aromatic rings. The van der Waals surface area contributed by atoms with Crippen LogP contribution in [0.2, 0.25) is 0 Å². The molecular formula is C12H14Br2N4O2S. The zero-order valence-corrected chi connectivity index (χ0v) is 15.4. The van der Waals surface area contributed by atoms with E-state index in [2.05, 4.69) is 42.1 Å². The summed E-state index contributed by atoms with van der Waals surface area (Å²) in [5.74, 6) is 0.673. The molecule has 1 aromatic carbocycles. The van der Waals surface area contributed by atoms with Crippen molar-refractivity contribution in [3.05, 3.63) is 27.1 Å². The molecule has 0 saturated heterocycles. The van der Waals surface area contributed by atoms with Gasteiger partial charge in [0.1, 0.15) is 0 Å². The van der Waals surface area contributed by atoms with E-state index >= 15 is 0 Å². The summed E-state index contributed by atoms with van der Waals surface area (Å²) < 4.78 is 26.5. The summed E-state index contributed by atoms with van der Waals surface area (Å²) in [6.07, 6.45) is 0. The van der Waals surface area contributed by atoms with Gasteiger partial charge in [-0.3, -0.25) is 4.57 Å². The van der Waals surface area contributed by atoms with Crippen molar-refractivity contribution in [1.82, 2.24) is 14.8 Å². The molecule has 2 N–H and O–H groups in total. The highest BCUT2D eigenvalue weighted by molar-refractivity contribution is 9.11. The van der Waals surface area contributed by atoms with Crippen molar-refractivity contribution >= 4 is 41.9 Å². The van der Waals surface area contributed by atoms with Crippen LogP contribution in [0.3, 0.4) is 0 Å². The maximum absolute atomic E-state index is 11.7. The monoisotopic (exact) mass is 436 g/mol. The molecule has 0 fully saturated rings. The van der Waals surface area contributed by atoms with E-state index in [1.54, 1.807) is 0 Å². The lowest BCUT2D eigenvalue weighted by Gasteiger charge is -2.12. The third kappa shape index (κ3) is 3.71. The number of hydrogen-bond acceptors (Lipinski definition) is 4. The van der Waals surface area contributed by atoms with Gasteiger partial charge in [-0.15, -0.1) is 10.2 Å². The van der Waals surface area contributed by atoms with Crippen molar-refractivity contribution in [2.75, 3.05) is 0 Å². The lowest BCUT2D eigenvalue weighted by atomic mass is 10.2. The van der Waals surface area contributed by atoms with E-state index in [4.69, 9.17) is 5.14 Å². The smallest absolute Gasteiger partial charge is 0.273 e. The summed E-state index contributed by atoms with van der Waals surface area (Å²) >= 11 is 6.84. The van der Waals surface area contributed by atoms with Crippen molar-refractivity contribution in [1.29, 1.82) is 0 Å². The lowest BCUT2D eigenvalue weighted by molar-refractivity contribution is 0.486. The number of rotatable bonds is 4. The summed E-state index contributed by atoms with van der Waals surface area (Å²) in [6.45, 7) is 4.41. The minimum absolute atomic E-state index is 0.214. The van der Waals surface area contributed by atoms with Gasteiger partial charge in [-0.2, -0.15) is 0 Å². The maximum atomic E-state index is 11.7. The summed E-state index contributed by atoms with van der Waals surface area (Å²) in [5.41, 5.74) is 0.743. The van der Waals surface area contributed by atoms with E-state index in [9.17, 15) is 8.42 Å². The van der Waals surface area contributed by atoms with E-state index in [1.165, 1.54) is 4.57 Å². The molecule has 0 unspecified atom stereocenters. The summed E-state index contributed by atoms with van der Waals surface area (Å²) in [7, 11) is -3.93. The van der Waals surface area contributed by atoms with Crippen LogP contribution in [-0.4, -0.2) is 23.2 Å². The van der Waals surface area contributed by atoms with Gasteiger partial charge in [0.05, 0.1) is 0 Å². The molecule has 0 radical (unpaired) electrons. The second-order valence-corrected chi connectivity index (χ2v) is 8.20. The van der Waals surface area contributed by atoms with Crippen LogP contribution in [0.25, 0.3) is 11.4 Å². The molecule has 6 nitrogen and oxygen atoms in total. The van der Waals surface area contributed by atoms with Gasteiger partial charge in [-0.25, -0.2) is 13.6 Å². The number of hydrogen-bond donors (Lipinski definition) is 1. The lowest BCUT2D eigenvalue weighted by Crippen LogP contribution is -2.20. The van der Waals surface area contributed by atoms with Gasteiger partial charge in [-0.05, 0) is 24.1 Å². The topological polar surface area (TPSA) is 90.9 Å². The molecular weight excluding hydrogens is 424 g/mol. The first-order valence-electron chi connectivity index (χ1n) is 6.11. The molecule has 0 spiro atoms. The largest absolute Gasteiger partial charge is 0.296 e. The quantitative estimate of drug-likeness (QED) is 0.795. The molecule has 2 rings (SSSR count). The minimum Gasteiger partial charge on any atom is -0.296 e. The average Bonchev–Trinajstić information content (AvgIpc) is 2.74. The third-order valence-corrected chi connectivity index (χ3v) is 4.68. The molecule has 114 valence electrons. The number of nitrogens with two attached hydrogens (primary N) is 1. The Labute approximate surface area is 140 Å². The van der Waals surface area contributed by atoms with Crippen molar-refractivity contribution in [2.45, 2.75) is 25.5 Å². The molecule has 0 aliphatic heterocycles. The SMILES string of the molecule is CC(C)Cn1c(-c2cc(Br)ccc2Br)nnc1S(N)(=O)=O. The fourth-order valence-corrected chi connectivity index (χ4v) is 3.30. The Morgan fingerprint density at radius 3 is 2.52 bits per heavy atom. The van der Waals surface area contributed by atoms with E-state index in [1.807, 2.05) is 32.0 Å². The van der Waals surface area contributed by atoms with Crippen LogP contribution in [0.5, 0.6) is 0 Å². The Hall–Kier alpha value is -0.770. The average molecular weight is 438 g/mol. The number of primary sulfonamides is 1. The number of sulfonamides is 1. The van der Waals surface area contributed by atoms with Crippen LogP contribution >= 0.6 is 31.9 Å². The number of benzene rings is 1. The zero-order chi connectivity index (χ0) is 15.8. The van der Waals surface area contributed by atoms with Crippen LogP contribution in [0.1, 0.15) is 13.8 Å². The van der Waals surface area contributed by atoms with Crippen LogP contribution < -0.4 is 5.14 Å². The maximum Gasteiger partial charge on any atom is 0.273 e. The molecule has 0 atom stereocenters. The third-order valence-electron chi connectivity index (χ3n) is 2.69. The minimum atomic E-state index is -3.93. The van der Waals surface area contributed by atoms with Gasteiger partial charge >= 0.3 is 0 Å². The highest BCUT2D eigenvalue weighted by Crippen LogP contribution is 2.31. The Bertz CT molecular complexity index is 772. The van der Waals surface area contributed by atoms with Gasteiger partial charge in [0.15, 0.2) is 5.82 Å². The fourth-order valence-electron chi connectivity index (χ4n) is 1.90. The second kappa shape index (κ2) is 6.15. The standard InChI is InChI=1S/C12H14Br2N4O2S/c1-7(2)6-18-11(16-17-12(18)21(15,19)20)9-5-8(13)3-4-10(9)14/h3-5,7H,6H2,1-2H3,(H2,15,19,20). The molecule has 0 aliphatic carbocycles. The van der Waals surface area contributed by atoms with E-state index in [-0.39, 0.29) is 11.1 Å². The van der Waals surface area contributed by atoms with Crippen molar-refractivity contribution < 1.29 is 8.42 Å². The first kappa shape index (κ1) is 16.6. The first-order valence-corrected chi connectivity index (χ1v) is 9.25. The van der Waals surface area contributed by atoms with Crippen molar-refractivity contribution in [3.8, 4) is 11.4 Å². The molecule has 0 aliphatic rings. The van der Waals surface area contributed by atoms with Gasteiger partial charge in [0.25, 0.3) is 15.2 Å². The molecule has 1 aromatic heterocycles. The summed E-state index contributed by atoms with van der Waals surface area (Å²) in [4.78, 5) is 0. The van der Waals surface area contributed by atoms with Crippen LogP contribution in [-0.2, 0) is 16.6 Å². The molecule has 1 heterocycles. The Balaban J connectivity index is 2.69. The van der Waals surface area contributed by atoms with Crippen molar-refractivity contribution in [3.63, 3.8) is 0 Å². The zero-order valence-electron chi connectivity index (χ0n) is 11.4. The van der Waals surface area contributed by atoms with Crippen LogP contribution in [0, 0.1) is 5.92 Å². The Morgan fingerprint density at radius 2 is 1.95 bits per heavy atom. The predicted molar refractivity (Wildman–Crippen MR) is 87.1 cm³/mol. The number of aromatic nitrogens is 3. The van der Waals surface area contributed by atoms with E-state index < -0.39 is 10.0 Å². The van der Waals surface area contributed by atoms with E-state index in [0.29, 0.717) is 12.4 Å². The highest BCUT2D eigenvalue weighted by atomic mass is 79.9. The number of halogens is 2. The first-order chi connectivity index (χ1) is 9.70. The molecule has 21 heavy (non-hydrogen) atoms. The van der Waals surface area contributed by atoms with Crippen LogP contribution in [0.4, 0.5) is 0 Å². The van der Waals surface area contributed by atoms with Gasteiger partial charge < -0.3 is 0 Å². The predicted octanol–water partition coefficient (Wildman–Crippen LogP) is 2.77. The molecule has 0 bridgehead atoms. The van der Waals surface area contributed by atoms with Gasteiger partial charge in [0.2, 0.25) is 0 Å². The normalized spacial score (nSPS) is 12.1. The van der Waals surface area contributed by atoms with Crippen LogP contribution in [0.15, 0.2) is 32.3 Å². The fraction of sp³-hybridized carbons (Fsp3) is 0.333. The highest BCUT2D eigenvalue weighted by Gasteiger charge is 2.23. The second-order valence-electron chi connectivity index (χ2n) is 4.98. The van der Waals surface area contributed by atoms with Gasteiger partial charge in [0, 0.05) is 21.1 Å². The van der Waals surface area contributed by atoms with Gasteiger partial charge in [-0.1, -0.05) is 45.7 Å². The Kier molecular flexibility index (Phi) is 4.86. The van der Waals surface area contributed by atoms with E-state index in [0.717, 1.165) is 14.5 Å². The summed E-state index contributed by atoms with van der Waals surface area (Å²) in [6, 6.07) is 5.57. The molecule has 0 saturated carbocycles. The molecule has 9 heteroatoms. The molecule has 0 amide bonds. The Morgan fingerprint density at radius 1 is 1.29 bits per heavy atom. The van der Waals surface area contributed by atoms with Crippen molar-refractivity contribution in [2.24, 2.45) is 11.1 Å². The summed E-state index contributed by atoms with van der Waals surface area (Å²) in [5, 5.41) is 12.8. The number of nitrogens with zero attached hydrogens (tertiary/aromatic N) is 3.